The van der Waals surface area contributed by atoms with E-state index >= 15 is 0 Å². The SMILES string of the molecule is Cc1[c-]c2c(cc1C(C)(C)C)-c1cc(C(C)(C)C)c(C)cc1C2.Clc1cc([C](=[Zr+2])c2cc(Cl)cc3ccccc23)c2ccccc2c1.[C-]1=CC=CC1. The maximum absolute atomic E-state index is 6.38. The molecule has 6 aromatic rings. The Kier molecular flexibility index (Phi) is 11.5. The summed E-state index contributed by atoms with van der Waals surface area (Å²) in [6.07, 6.45) is 11.0. The second-order valence-corrected chi connectivity index (χ2v) is 18.0. The molecule has 0 saturated carbocycles. The molecule has 0 bridgehead atoms. The van der Waals surface area contributed by atoms with E-state index in [2.05, 4.69) is 140 Å². The molecular formula is C49H46Cl2Zr. The van der Waals surface area contributed by atoms with E-state index in [0.717, 1.165) is 33.7 Å². The van der Waals surface area contributed by atoms with Gasteiger partial charge in [0.15, 0.2) is 0 Å². The summed E-state index contributed by atoms with van der Waals surface area (Å²) >= 11 is 14.1. The molecule has 6 aromatic carbocycles. The molecule has 2 aliphatic carbocycles. The van der Waals surface area contributed by atoms with E-state index in [-0.39, 0.29) is 10.8 Å². The third kappa shape index (κ3) is 8.39. The van der Waals surface area contributed by atoms with Crippen LogP contribution in [-0.2, 0) is 41.5 Å². The van der Waals surface area contributed by atoms with Gasteiger partial charge in [-0.1, -0.05) is 71.6 Å². The summed E-state index contributed by atoms with van der Waals surface area (Å²) in [4.78, 5) is 0. The van der Waals surface area contributed by atoms with Crippen molar-refractivity contribution < 1.29 is 24.2 Å². The summed E-state index contributed by atoms with van der Waals surface area (Å²) in [5.41, 5.74) is 14.0. The number of halogens is 2. The van der Waals surface area contributed by atoms with Gasteiger partial charge in [0, 0.05) is 0 Å². The standard InChI is InChI=1S/C23H29.C21H12Cl2.C5H5.Zr/c1-14-9-16-11-17-10-15(2)21(23(6,7)8)13-19(17)18(16)12-20(14)22(3,4)5;22-18-10-14-5-1-3-7-20(14)16(12-18)9-17-13-19(23)11-15-6-2-4-8-21(15)17;1-2-4-5-3-1;/h9,12-13H,11H2,1-8H3;1-8,10-13H;1-3H,4H2;/q-1;;-1;+2. The van der Waals surface area contributed by atoms with E-state index in [1.54, 1.807) is 0 Å². The zero-order chi connectivity index (χ0) is 37.4. The largest absolute Gasteiger partial charge is 0.273 e. The van der Waals surface area contributed by atoms with Gasteiger partial charge in [0.05, 0.1) is 0 Å². The van der Waals surface area contributed by atoms with Crippen LogP contribution in [0.3, 0.4) is 0 Å². The Hall–Kier alpha value is -3.35. The average Bonchev–Trinajstić information content (AvgIpc) is 3.77. The quantitative estimate of drug-likeness (QED) is 0.153. The summed E-state index contributed by atoms with van der Waals surface area (Å²) in [5.74, 6) is 0. The average molecular weight is 797 g/mol. The van der Waals surface area contributed by atoms with E-state index in [1.165, 1.54) is 93.8 Å². The summed E-state index contributed by atoms with van der Waals surface area (Å²) in [5, 5.41) is 6.28. The van der Waals surface area contributed by atoms with E-state index in [9.17, 15) is 0 Å². The monoisotopic (exact) mass is 794 g/mol. The fourth-order valence-corrected chi connectivity index (χ4v) is 8.94. The number of allylic oxidation sites excluding steroid dienone is 4. The van der Waals surface area contributed by atoms with Gasteiger partial charge in [-0.25, -0.2) is 12.2 Å². The van der Waals surface area contributed by atoms with Crippen LogP contribution < -0.4 is 0 Å². The van der Waals surface area contributed by atoms with Crippen LogP contribution >= 0.6 is 23.2 Å². The van der Waals surface area contributed by atoms with E-state index < -0.39 is 0 Å². The second-order valence-electron chi connectivity index (χ2n) is 15.9. The summed E-state index contributed by atoms with van der Waals surface area (Å²) in [7, 11) is 0. The topological polar surface area (TPSA) is 0 Å². The van der Waals surface area contributed by atoms with Gasteiger partial charge in [0.1, 0.15) is 0 Å². The molecule has 0 aliphatic heterocycles. The Morgan fingerprint density at radius 2 is 1.21 bits per heavy atom. The Balaban J connectivity index is 0.000000157. The number of aryl methyl sites for hydroxylation is 2. The van der Waals surface area contributed by atoms with Crippen molar-refractivity contribution in [3.8, 4) is 11.1 Å². The molecule has 0 fully saturated rings. The molecule has 260 valence electrons. The number of rotatable bonds is 2. The summed E-state index contributed by atoms with van der Waals surface area (Å²) < 4.78 is 1.26. The second kappa shape index (κ2) is 15.6. The van der Waals surface area contributed by atoms with Crippen molar-refractivity contribution in [3.63, 3.8) is 0 Å². The first-order valence-electron chi connectivity index (χ1n) is 18.0. The van der Waals surface area contributed by atoms with Crippen molar-refractivity contribution in [3.05, 3.63) is 176 Å². The Labute approximate surface area is 335 Å². The van der Waals surface area contributed by atoms with Crippen LogP contribution in [0.4, 0.5) is 0 Å². The van der Waals surface area contributed by atoms with Gasteiger partial charge in [-0.15, -0.1) is 23.1 Å². The van der Waals surface area contributed by atoms with Gasteiger partial charge in [-0.2, -0.15) is 23.8 Å². The molecule has 0 saturated heterocycles. The molecule has 0 atom stereocenters. The molecule has 0 unspecified atom stereocenters. The molecule has 0 N–H and O–H groups in total. The molecule has 8 rings (SSSR count). The molecule has 0 aromatic heterocycles. The molecule has 3 heteroatoms. The molecular weight excluding hydrogens is 751 g/mol. The van der Waals surface area contributed by atoms with Gasteiger partial charge in [0.25, 0.3) is 0 Å². The molecule has 0 amide bonds. The zero-order valence-electron chi connectivity index (χ0n) is 31.6. The first kappa shape index (κ1) is 38.4. The van der Waals surface area contributed by atoms with Crippen LogP contribution in [-0.4, -0.2) is 3.21 Å². The van der Waals surface area contributed by atoms with Crippen molar-refractivity contribution in [2.24, 2.45) is 0 Å². The van der Waals surface area contributed by atoms with Crippen LogP contribution in [0.1, 0.15) is 92.5 Å². The zero-order valence-corrected chi connectivity index (χ0v) is 35.5. The van der Waals surface area contributed by atoms with E-state index in [1.807, 2.05) is 36.4 Å². The summed E-state index contributed by atoms with van der Waals surface area (Å²) in [6.45, 7) is 18.2. The molecule has 0 nitrogen and oxygen atoms in total. The first-order valence-corrected chi connectivity index (χ1v) is 20.0. The van der Waals surface area contributed by atoms with Gasteiger partial charge < -0.3 is 0 Å². The van der Waals surface area contributed by atoms with Gasteiger partial charge in [-0.05, 0) is 35.4 Å². The Morgan fingerprint density at radius 3 is 1.69 bits per heavy atom. The minimum Gasteiger partial charge on any atom is -0.273 e. The molecule has 52 heavy (non-hydrogen) atoms. The third-order valence-corrected chi connectivity index (χ3v) is 11.6. The number of fused-ring (bicyclic) bond motifs is 5. The normalized spacial score (nSPS) is 13.0. The van der Waals surface area contributed by atoms with Crippen molar-refractivity contribution >= 4 is 48.0 Å². The van der Waals surface area contributed by atoms with Gasteiger partial charge in [-0.3, -0.25) is 6.08 Å². The van der Waals surface area contributed by atoms with Gasteiger partial charge >= 0.3 is 166 Å². The van der Waals surface area contributed by atoms with Crippen LogP contribution in [0, 0.1) is 26.0 Å². The van der Waals surface area contributed by atoms with Crippen LogP contribution in [0.15, 0.2) is 109 Å². The first-order chi connectivity index (χ1) is 24.6. The fraction of sp³-hybridized carbons (Fsp3) is 0.245. The molecule has 2 aliphatic rings. The Bertz CT molecular complexity index is 2210. The molecule has 0 heterocycles. The minimum atomic E-state index is 0.163. The van der Waals surface area contributed by atoms with E-state index in [4.69, 9.17) is 23.2 Å². The smallest absolute Gasteiger partial charge is 0.109 e. The van der Waals surface area contributed by atoms with Crippen molar-refractivity contribution in [2.45, 2.75) is 79.1 Å². The fourth-order valence-electron chi connectivity index (χ4n) is 7.47. The predicted molar refractivity (Wildman–Crippen MR) is 223 cm³/mol. The summed E-state index contributed by atoms with van der Waals surface area (Å²) in [6, 6.07) is 35.8. The Morgan fingerprint density at radius 1 is 0.673 bits per heavy atom. The number of benzene rings is 6. The van der Waals surface area contributed by atoms with Crippen molar-refractivity contribution in [1.82, 2.24) is 0 Å². The number of hydrogen-bond acceptors (Lipinski definition) is 0. The molecule has 0 spiro atoms. The van der Waals surface area contributed by atoms with E-state index in [0.29, 0.717) is 0 Å². The van der Waals surface area contributed by atoms with Crippen LogP contribution in [0.5, 0.6) is 0 Å². The van der Waals surface area contributed by atoms with Gasteiger partial charge in [0.2, 0.25) is 0 Å². The molecule has 0 radical (unpaired) electrons. The maximum atomic E-state index is 6.38. The minimum absolute atomic E-state index is 0.163. The van der Waals surface area contributed by atoms with Crippen LogP contribution in [0.25, 0.3) is 32.7 Å². The van der Waals surface area contributed by atoms with Crippen molar-refractivity contribution in [2.75, 3.05) is 0 Å². The third-order valence-electron chi connectivity index (χ3n) is 9.86. The predicted octanol–water partition coefficient (Wildman–Crippen LogP) is 14.0. The van der Waals surface area contributed by atoms with Crippen LogP contribution in [0.2, 0.25) is 10.0 Å². The van der Waals surface area contributed by atoms with Crippen molar-refractivity contribution in [1.29, 1.82) is 0 Å². The number of hydrogen-bond donors (Lipinski definition) is 0. The maximum Gasteiger partial charge on any atom is -0.109 e.